The molecule has 0 saturated heterocycles. The number of hydrogen-bond donors (Lipinski definition) is 1. The maximum atomic E-state index is 12.4. The van der Waals surface area contributed by atoms with Gasteiger partial charge in [-0.1, -0.05) is 0 Å². The fourth-order valence-electron chi connectivity index (χ4n) is 1.53. The summed E-state index contributed by atoms with van der Waals surface area (Å²) in [5, 5.41) is 2.42. The van der Waals surface area contributed by atoms with E-state index < -0.39 is 26.1 Å². The molecule has 10 heteroatoms. The maximum Gasteiger partial charge on any atom is 0.501 e. The molecular weight excluding hydrogens is 337 g/mol. The van der Waals surface area contributed by atoms with E-state index in [1.165, 1.54) is 4.90 Å². The first kappa shape index (κ1) is 18.9. The number of nitrogens with zero attached hydrogens (tertiary/aromatic N) is 1. The van der Waals surface area contributed by atoms with Crippen LogP contribution in [-0.2, 0) is 14.6 Å². The summed E-state index contributed by atoms with van der Waals surface area (Å²) in [6.07, 6.45) is 0.0687. The predicted octanol–water partition coefficient (Wildman–Crippen LogP) is 1.19. The van der Waals surface area contributed by atoms with Gasteiger partial charge in [0.15, 0.2) is 0 Å². The fraction of sp³-hybridized carbons (Fsp3) is 0.385. The average Bonchev–Trinajstić information content (AvgIpc) is 2.45. The Labute approximate surface area is 131 Å². The van der Waals surface area contributed by atoms with E-state index in [9.17, 15) is 31.2 Å². The summed E-state index contributed by atoms with van der Waals surface area (Å²) >= 11 is 0. The van der Waals surface area contributed by atoms with E-state index in [4.69, 9.17) is 0 Å². The summed E-state index contributed by atoms with van der Waals surface area (Å²) in [7, 11) is -2.32. The second-order valence-electron chi connectivity index (χ2n) is 4.77. The van der Waals surface area contributed by atoms with Crippen LogP contribution in [-0.4, -0.2) is 51.3 Å². The Kier molecular flexibility index (Phi) is 5.75. The molecule has 0 aliphatic heterocycles. The largest absolute Gasteiger partial charge is 0.501 e. The van der Waals surface area contributed by atoms with Crippen molar-refractivity contribution in [2.75, 3.05) is 20.6 Å². The Morgan fingerprint density at radius 2 is 1.65 bits per heavy atom. The van der Waals surface area contributed by atoms with Crippen LogP contribution in [0.15, 0.2) is 29.2 Å². The summed E-state index contributed by atoms with van der Waals surface area (Å²) in [4.78, 5) is 23.5. The van der Waals surface area contributed by atoms with Gasteiger partial charge in [-0.15, -0.1) is 0 Å². The molecule has 0 aliphatic rings. The molecule has 0 heterocycles. The SMILES string of the molecule is CN(C)C(=O)CCNC(=O)c1ccc(S(=O)(=O)C(F)(F)F)cc1. The van der Waals surface area contributed by atoms with Gasteiger partial charge in [0.2, 0.25) is 5.91 Å². The molecule has 128 valence electrons. The molecule has 0 bridgehead atoms. The molecular formula is C13H15F3N2O4S. The number of nitrogens with one attached hydrogen (secondary N) is 1. The van der Waals surface area contributed by atoms with Crippen molar-refractivity contribution in [3.63, 3.8) is 0 Å². The molecule has 0 atom stereocenters. The number of carbonyl (C=O) groups excluding carboxylic acids is 2. The monoisotopic (exact) mass is 352 g/mol. The first-order chi connectivity index (χ1) is 10.5. The molecule has 23 heavy (non-hydrogen) atoms. The Morgan fingerprint density at radius 1 is 1.13 bits per heavy atom. The van der Waals surface area contributed by atoms with Crippen molar-refractivity contribution >= 4 is 21.7 Å². The number of amides is 2. The van der Waals surface area contributed by atoms with Crippen molar-refractivity contribution in [3.05, 3.63) is 29.8 Å². The Bertz CT molecular complexity index is 682. The van der Waals surface area contributed by atoms with Crippen LogP contribution in [0.2, 0.25) is 0 Å². The molecule has 0 saturated carbocycles. The second-order valence-corrected chi connectivity index (χ2v) is 6.71. The van der Waals surface area contributed by atoms with Gasteiger partial charge in [0, 0.05) is 32.6 Å². The zero-order valence-corrected chi connectivity index (χ0v) is 13.2. The van der Waals surface area contributed by atoms with Gasteiger partial charge in [-0.05, 0) is 24.3 Å². The summed E-state index contributed by atoms with van der Waals surface area (Å²) in [6.45, 7) is 0.0540. The number of hydrogen-bond acceptors (Lipinski definition) is 4. The van der Waals surface area contributed by atoms with E-state index in [1.54, 1.807) is 14.1 Å². The van der Waals surface area contributed by atoms with Crippen LogP contribution in [0, 0.1) is 0 Å². The molecule has 1 rings (SSSR count). The van der Waals surface area contributed by atoms with Crippen LogP contribution in [0.4, 0.5) is 13.2 Å². The minimum absolute atomic E-state index is 0.0107. The number of halogens is 3. The lowest BCUT2D eigenvalue weighted by molar-refractivity contribution is -0.128. The summed E-state index contributed by atoms with van der Waals surface area (Å²) in [5.41, 5.74) is -5.41. The van der Waals surface area contributed by atoms with Crippen LogP contribution < -0.4 is 5.32 Å². The third kappa shape index (κ3) is 4.68. The summed E-state index contributed by atoms with van der Waals surface area (Å²) in [5.74, 6) is -0.815. The third-order valence-corrected chi connectivity index (χ3v) is 4.36. The highest BCUT2D eigenvalue weighted by Crippen LogP contribution is 2.30. The molecule has 2 amide bonds. The first-order valence-corrected chi connectivity index (χ1v) is 7.85. The van der Waals surface area contributed by atoms with Crippen molar-refractivity contribution in [3.8, 4) is 0 Å². The lowest BCUT2D eigenvalue weighted by Crippen LogP contribution is -2.30. The average molecular weight is 352 g/mol. The minimum Gasteiger partial charge on any atom is -0.352 e. The van der Waals surface area contributed by atoms with Gasteiger partial charge in [-0.25, -0.2) is 8.42 Å². The maximum absolute atomic E-state index is 12.4. The lowest BCUT2D eigenvalue weighted by Gasteiger charge is -2.11. The molecule has 1 aromatic rings. The lowest BCUT2D eigenvalue weighted by atomic mass is 10.2. The van der Waals surface area contributed by atoms with Gasteiger partial charge in [0.25, 0.3) is 15.7 Å². The number of sulfone groups is 1. The van der Waals surface area contributed by atoms with Gasteiger partial charge in [-0.3, -0.25) is 9.59 Å². The Balaban J connectivity index is 2.74. The van der Waals surface area contributed by atoms with Gasteiger partial charge in [-0.2, -0.15) is 13.2 Å². The van der Waals surface area contributed by atoms with Crippen molar-refractivity contribution in [2.45, 2.75) is 16.8 Å². The highest BCUT2D eigenvalue weighted by Gasteiger charge is 2.46. The normalized spacial score (nSPS) is 11.9. The van der Waals surface area contributed by atoms with Crippen molar-refractivity contribution < 1.29 is 31.2 Å². The zero-order chi connectivity index (χ0) is 17.8. The van der Waals surface area contributed by atoms with Gasteiger partial charge in [0.05, 0.1) is 4.90 Å². The van der Waals surface area contributed by atoms with Gasteiger partial charge < -0.3 is 10.2 Å². The summed E-state index contributed by atoms with van der Waals surface area (Å²) in [6, 6.07) is 3.37. The minimum atomic E-state index is -5.44. The topological polar surface area (TPSA) is 83.6 Å². The second kappa shape index (κ2) is 6.99. The molecule has 6 nitrogen and oxygen atoms in total. The van der Waals surface area contributed by atoms with Crippen LogP contribution in [0.25, 0.3) is 0 Å². The summed E-state index contributed by atoms with van der Waals surface area (Å²) < 4.78 is 59.5. The third-order valence-electron chi connectivity index (χ3n) is 2.85. The number of rotatable bonds is 5. The van der Waals surface area contributed by atoms with Crippen molar-refractivity contribution in [1.29, 1.82) is 0 Å². The Morgan fingerprint density at radius 3 is 2.09 bits per heavy atom. The molecule has 0 fully saturated rings. The molecule has 0 aromatic heterocycles. The van der Waals surface area contributed by atoms with Crippen molar-refractivity contribution in [2.24, 2.45) is 0 Å². The van der Waals surface area contributed by atoms with Crippen molar-refractivity contribution in [1.82, 2.24) is 10.2 Å². The number of benzene rings is 1. The van der Waals surface area contributed by atoms with Crippen LogP contribution in [0.5, 0.6) is 0 Å². The number of alkyl halides is 3. The quantitative estimate of drug-likeness (QED) is 0.863. The smallest absolute Gasteiger partial charge is 0.352 e. The zero-order valence-electron chi connectivity index (χ0n) is 12.3. The number of carbonyl (C=O) groups is 2. The molecule has 1 aromatic carbocycles. The molecule has 0 radical (unpaired) electrons. The van der Waals surface area contributed by atoms with E-state index in [-0.39, 0.29) is 24.4 Å². The van der Waals surface area contributed by atoms with Gasteiger partial charge >= 0.3 is 5.51 Å². The molecule has 0 unspecified atom stereocenters. The van der Waals surface area contributed by atoms with E-state index in [1.807, 2.05) is 0 Å². The van der Waals surface area contributed by atoms with E-state index in [2.05, 4.69) is 5.32 Å². The molecule has 1 N–H and O–H groups in total. The van der Waals surface area contributed by atoms with E-state index in [0.29, 0.717) is 12.1 Å². The highest BCUT2D eigenvalue weighted by molar-refractivity contribution is 7.92. The molecule has 0 aliphatic carbocycles. The standard InChI is InChI=1S/C13H15F3N2O4S/c1-18(2)11(19)7-8-17-12(20)9-3-5-10(6-4-9)23(21,22)13(14,15)16/h3-6H,7-8H2,1-2H3,(H,17,20). The fourth-order valence-corrected chi connectivity index (χ4v) is 2.29. The van der Waals surface area contributed by atoms with Crippen LogP contribution >= 0.6 is 0 Å². The van der Waals surface area contributed by atoms with E-state index in [0.717, 1.165) is 12.1 Å². The Hall–Kier alpha value is -2.10. The first-order valence-electron chi connectivity index (χ1n) is 6.36. The van der Waals surface area contributed by atoms with Crippen LogP contribution in [0.3, 0.4) is 0 Å². The predicted molar refractivity (Wildman–Crippen MR) is 75.3 cm³/mol. The van der Waals surface area contributed by atoms with Crippen LogP contribution in [0.1, 0.15) is 16.8 Å². The van der Waals surface area contributed by atoms with Gasteiger partial charge in [0.1, 0.15) is 0 Å². The van der Waals surface area contributed by atoms with E-state index >= 15 is 0 Å². The molecule has 0 spiro atoms. The highest BCUT2D eigenvalue weighted by atomic mass is 32.2.